The maximum Gasteiger partial charge on any atom is 0.375 e. The predicted octanol–water partition coefficient (Wildman–Crippen LogP) is 0.252. The van der Waals surface area contributed by atoms with Gasteiger partial charge < -0.3 is 10.5 Å². The third-order valence-corrected chi connectivity index (χ3v) is 1.80. The average Bonchev–Trinajstić information content (AvgIpc) is 2.36. The maximum atomic E-state index is 11.5. The molecule has 90 valence electrons. The van der Waals surface area contributed by atoms with Crippen molar-refractivity contribution >= 4 is 17.7 Å². The zero-order valence-electron chi connectivity index (χ0n) is 9.34. The molecule has 1 aromatic carbocycles. The van der Waals surface area contributed by atoms with Gasteiger partial charge in [0.1, 0.15) is 0 Å². The minimum Gasteiger partial charge on any atom is -0.460 e. The van der Waals surface area contributed by atoms with Crippen LogP contribution in [0.15, 0.2) is 35.4 Å². The van der Waals surface area contributed by atoms with Crippen molar-refractivity contribution < 1.29 is 14.3 Å². The second-order valence-corrected chi connectivity index (χ2v) is 3.02. The van der Waals surface area contributed by atoms with Crippen LogP contribution >= 0.6 is 0 Å². The first-order valence-electron chi connectivity index (χ1n) is 5.00. The van der Waals surface area contributed by atoms with Crippen LogP contribution in [0.1, 0.15) is 17.3 Å². The molecular weight excluding hydrogens is 222 g/mol. The van der Waals surface area contributed by atoms with E-state index in [1.807, 2.05) is 0 Å². The van der Waals surface area contributed by atoms with Crippen molar-refractivity contribution in [3.63, 3.8) is 0 Å². The smallest absolute Gasteiger partial charge is 0.375 e. The SMILES string of the molecule is CCOC(=O)/C(N)=N\NC(=O)c1ccccc1. The number of nitrogens with zero attached hydrogens (tertiary/aromatic N) is 1. The van der Waals surface area contributed by atoms with E-state index in [0.717, 1.165) is 0 Å². The Labute approximate surface area is 98.4 Å². The highest BCUT2D eigenvalue weighted by Crippen LogP contribution is 1.97. The van der Waals surface area contributed by atoms with Crippen LogP contribution in [0, 0.1) is 0 Å². The Morgan fingerprint density at radius 1 is 1.35 bits per heavy atom. The van der Waals surface area contributed by atoms with Gasteiger partial charge in [-0.25, -0.2) is 10.2 Å². The summed E-state index contributed by atoms with van der Waals surface area (Å²) < 4.78 is 4.60. The van der Waals surface area contributed by atoms with Crippen LogP contribution in [0.25, 0.3) is 0 Å². The number of carbonyl (C=O) groups excluding carboxylic acids is 2. The van der Waals surface area contributed by atoms with E-state index in [4.69, 9.17) is 5.73 Å². The van der Waals surface area contributed by atoms with Crippen LogP contribution in [0.5, 0.6) is 0 Å². The number of hydrogen-bond donors (Lipinski definition) is 2. The third-order valence-electron chi connectivity index (χ3n) is 1.80. The molecule has 1 rings (SSSR count). The van der Waals surface area contributed by atoms with Gasteiger partial charge in [0.05, 0.1) is 6.61 Å². The summed E-state index contributed by atoms with van der Waals surface area (Å²) >= 11 is 0. The Hall–Kier alpha value is -2.37. The molecule has 0 spiro atoms. The molecule has 0 radical (unpaired) electrons. The Bertz CT molecular complexity index is 429. The molecule has 0 aromatic heterocycles. The molecule has 0 aliphatic carbocycles. The molecular formula is C11H13N3O3. The van der Waals surface area contributed by atoms with Gasteiger partial charge in [0.15, 0.2) is 0 Å². The van der Waals surface area contributed by atoms with Gasteiger partial charge in [0, 0.05) is 5.56 Å². The average molecular weight is 235 g/mol. The molecule has 0 heterocycles. The van der Waals surface area contributed by atoms with E-state index >= 15 is 0 Å². The summed E-state index contributed by atoms with van der Waals surface area (Å²) in [5.74, 6) is -1.60. The summed E-state index contributed by atoms with van der Waals surface area (Å²) in [4.78, 5) is 22.6. The van der Waals surface area contributed by atoms with E-state index in [2.05, 4.69) is 15.3 Å². The number of hydrazone groups is 1. The lowest BCUT2D eigenvalue weighted by molar-refractivity contribution is -0.135. The van der Waals surface area contributed by atoms with E-state index in [9.17, 15) is 9.59 Å². The normalized spacial score (nSPS) is 10.8. The van der Waals surface area contributed by atoms with Crippen LogP contribution in [0.2, 0.25) is 0 Å². The highest BCUT2D eigenvalue weighted by atomic mass is 16.5. The molecule has 0 aliphatic heterocycles. The van der Waals surface area contributed by atoms with Gasteiger partial charge in [-0.05, 0) is 19.1 Å². The molecule has 0 saturated heterocycles. The van der Waals surface area contributed by atoms with Gasteiger partial charge in [0.25, 0.3) is 5.91 Å². The predicted molar refractivity (Wildman–Crippen MR) is 62.2 cm³/mol. The Morgan fingerprint density at radius 2 is 2.00 bits per heavy atom. The lowest BCUT2D eigenvalue weighted by Crippen LogP contribution is -2.30. The van der Waals surface area contributed by atoms with E-state index in [-0.39, 0.29) is 6.61 Å². The second kappa shape index (κ2) is 6.26. The molecule has 1 aromatic rings. The van der Waals surface area contributed by atoms with Gasteiger partial charge in [-0.15, -0.1) is 5.10 Å². The fourth-order valence-corrected chi connectivity index (χ4v) is 1.02. The first kappa shape index (κ1) is 12.7. The number of nitrogens with one attached hydrogen (secondary N) is 1. The molecule has 17 heavy (non-hydrogen) atoms. The molecule has 6 heteroatoms. The molecule has 6 nitrogen and oxygen atoms in total. The summed E-state index contributed by atoms with van der Waals surface area (Å²) in [6.45, 7) is 1.84. The molecule has 0 unspecified atom stereocenters. The van der Waals surface area contributed by atoms with E-state index in [1.54, 1.807) is 37.3 Å². The molecule has 1 amide bonds. The van der Waals surface area contributed by atoms with E-state index < -0.39 is 17.7 Å². The van der Waals surface area contributed by atoms with Gasteiger partial charge in [-0.1, -0.05) is 18.2 Å². The van der Waals surface area contributed by atoms with Crippen LogP contribution in [0.4, 0.5) is 0 Å². The van der Waals surface area contributed by atoms with E-state index in [0.29, 0.717) is 5.56 Å². The van der Waals surface area contributed by atoms with Gasteiger partial charge in [0.2, 0.25) is 5.84 Å². The lowest BCUT2D eigenvalue weighted by atomic mass is 10.2. The minimum atomic E-state index is -0.763. The summed E-state index contributed by atoms with van der Waals surface area (Å²) in [6.07, 6.45) is 0. The minimum absolute atomic E-state index is 0.196. The summed E-state index contributed by atoms with van der Waals surface area (Å²) in [5.41, 5.74) is 7.88. The van der Waals surface area contributed by atoms with Crippen molar-refractivity contribution in [2.45, 2.75) is 6.92 Å². The zero-order chi connectivity index (χ0) is 12.7. The van der Waals surface area contributed by atoms with Crippen molar-refractivity contribution in [1.29, 1.82) is 0 Å². The lowest BCUT2D eigenvalue weighted by Gasteiger charge is -2.02. The standard InChI is InChI=1S/C11H13N3O3/c1-2-17-11(16)9(12)13-14-10(15)8-6-4-3-5-7-8/h3-7H,2H2,1H3,(H2,12,13)(H,14,15). The molecule has 0 aliphatic rings. The quantitative estimate of drug-likeness (QED) is 0.340. The first-order chi connectivity index (χ1) is 8.15. The third kappa shape index (κ3) is 3.94. The maximum absolute atomic E-state index is 11.5. The highest BCUT2D eigenvalue weighted by molar-refractivity contribution is 6.34. The van der Waals surface area contributed by atoms with Gasteiger partial charge in [-0.2, -0.15) is 0 Å². The molecule has 0 bridgehead atoms. The highest BCUT2D eigenvalue weighted by Gasteiger charge is 2.09. The Morgan fingerprint density at radius 3 is 2.59 bits per heavy atom. The van der Waals surface area contributed by atoms with Crippen LogP contribution in [0.3, 0.4) is 0 Å². The Balaban J connectivity index is 2.59. The van der Waals surface area contributed by atoms with Crippen molar-refractivity contribution in [3.8, 4) is 0 Å². The monoisotopic (exact) mass is 235 g/mol. The summed E-state index contributed by atoms with van der Waals surface area (Å²) in [5, 5.41) is 3.44. The van der Waals surface area contributed by atoms with E-state index in [1.165, 1.54) is 0 Å². The van der Waals surface area contributed by atoms with Crippen LogP contribution in [-0.4, -0.2) is 24.3 Å². The van der Waals surface area contributed by atoms with Crippen molar-refractivity contribution in [1.82, 2.24) is 5.43 Å². The largest absolute Gasteiger partial charge is 0.460 e. The number of hydrogen-bond acceptors (Lipinski definition) is 4. The first-order valence-corrected chi connectivity index (χ1v) is 5.00. The Kier molecular flexibility index (Phi) is 4.68. The van der Waals surface area contributed by atoms with Crippen molar-refractivity contribution in [2.24, 2.45) is 10.8 Å². The van der Waals surface area contributed by atoms with Gasteiger partial charge in [-0.3, -0.25) is 4.79 Å². The molecule has 0 saturated carbocycles. The second-order valence-electron chi connectivity index (χ2n) is 3.02. The molecule has 3 N–H and O–H groups in total. The van der Waals surface area contributed by atoms with Crippen molar-refractivity contribution in [2.75, 3.05) is 6.61 Å². The topological polar surface area (TPSA) is 93.8 Å². The number of benzene rings is 1. The molecule has 0 fully saturated rings. The summed E-state index contributed by atoms with van der Waals surface area (Å²) in [6, 6.07) is 8.45. The fourth-order valence-electron chi connectivity index (χ4n) is 1.02. The molecule has 0 atom stereocenters. The number of ether oxygens (including phenoxy) is 1. The summed E-state index contributed by atoms with van der Waals surface area (Å²) in [7, 11) is 0. The van der Waals surface area contributed by atoms with Crippen LogP contribution < -0.4 is 11.2 Å². The number of amides is 1. The van der Waals surface area contributed by atoms with Crippen molar-refractivity contribution in [3.05, 3.63) is 35.9 Å². The zero-order valence-corrected chi connectivity index (χ0v) is 9.34. The number of nitrogens with two attached hydrogens (primary N) is 1. The number of rotatable bonds is 3. The fraction of sp³-hybridized carbons (Fsp3) is 0.182. The van der Waals surface area contributed by atoms with Gasteiger partial charge >= 0.3 is 5.97 Å². The number of esters is 1. The van der Waals surface area contributed by atoms with Crippen LogP contribution in [-0.2, 0) is 9.53 Å². The number of carbonyl (C=O) groups is 2. The number of amidine groups is 1.